The van der Waals surface area contributed by atoms with Gasteiger partial charge in [-0.25, -0.2) is 0 Å². The number of nitrogens with one attached hydrogen (secondary N) is 1. The van der Waals surface area contributed by atoms with Crippen molar-refractivity contribution in [1.29, 1.82) is 0 Å². The predicted molar refractivity (Wildman–Crippen MR) is 95.6 cm³/mol. The van der Waals surface area contributed by atoms with Crippen LogP contribution in [0.25, 0.3) is 0 Å². The van der Waals surface area contributed by atoms with Crippen LogP contribution in [-0.4, -0.2) is 17.5 Å². The maximum atomic E-state index is 5.87. The van der Waals surface area contributed by atoms with E-state index in [1.54, 1.807) is 23.5 Å². The highest BCUT2D eigenvalue weighted by Crippen LogP contribution is 2.29. The number of rotatable bonds is 5. The average molecular weight is 321 g/mol. The van der Waals surface area contributed by atoms with Crippen molar-refractivity contribution < 1.29 is 0 Å². The Morgan fingerprint density at radius 2 is 1.75 bits per heavy atom. The Balaban J connectivity index is 2.34. The lowest BCUT2D eigenvalue weighted by molar-refractivity contribution is 1.38. The first kappa shape index (κ1) is 15.2. The third-order valence-corrected chi connectivity index (χ3v) is 4.59. The van der Waals surface area contributed by atoms with E-state index in [4.69, 9.17) is 18.0 Å². The molecule has 0 heterocycles. The van der Waals surface area contributed by atoms with Crippen LogP contribution < -0.4 is 11.1 Å². The van der Waals surface area contributed by atoms with Gasteiger partial charge < -0.3 is 11.1 Å². The maximum absolute atomic E-state index is 5.87. The van der Waals surface area contributed by atoms with Gasteiger partial charge in [0.2, 0.25) is 0 Å². The Kier molecular flexibility index (Phi) is 5.34. The van der Waals surface area contributed by atoms with Crippen LogP contribution in [0.2, 0.25) is 0 Å². The number of thiocarbonyl (C=S) groups is 1. The molecule has 20 heavy (non-hydrogen) atoms. The third-order valence-electron chi connectivity index (χ3n) is 2.86. The summed E-state index contributed by atoms with van der Waals surface area (Å²) in [4.78, 5) is 2.74. The van der Waals surface area contributed by atoms with Crippen molar-refractivity contribution >= 4 is 52.1 Å². The molecule has 0 fully saturated rings. The third kappa shape index (κ3) is 3.48. The average Bonchev–Trinajstić information content (AvgIpc) is 2.47. The number of anilines is 2. The highest BCUT2D eigenvalue weighted by Gasteiger charge is 2.10. The van der Waals surface area contributed by atoms with Gasteiger partial charge >= 0.3 is 0 Å². The summed E-state index contributed by atoms with van der Waals surface area (Å²) < 4.78 is 0. The zero-order valence-electron chi connectivity index (χ0n) is 11.3. The number of thioether (sulfide) groups is 2. The van der Waals surface area contributed by atoms with E-state index in [9.17, 15) is 0 Å². The molecule has 5 heteroatoms. The molecular formula is C15H16N2S3. The summed E-state index contributed by atoms with van der Waals surface area (Å²) in [5.41, 5.74) is 8.74. The lowest BCUT2D eigenvalue weighted by Crippen LogP contribution is -2.13. The number of nitrogens with two attached hydrogens (primary N) is 1. The molecule has 0 atom stereocenters. The van der Waals surface area contributed by atoms with Gasteiger partial charge in [0, 0.05) is 26.7 Å². The van der Waals surface area contributed by atoms with Crippen molar-refractivity contribution in [3.8, 4) is 0 Å². The molecule has 0 amide bonds. The van der Waals surface area contributed by atoms with E-state index in [2.05, 4.69) is 35.8 Å². The normalized spacial score (nSPS) is 10.3. The SMILES string of the molecule is CSc1ccc(Nc2cccc(SC)c2C(N)=S)cc1. The second-order valence-electron chi connectivity index (χ2n) is 4.10. The van der Waals surface area contributed by atoms with Crippen LogP contribution in [0.4, 0.5) is 11.4 Å². The standard InChI is InChI=1S/C15H16N2S3/c1-19-11-8-6-10(7-9-11)17-12-4-3-5-13(20-2)14(12)15(16)18/h3-9,17H,1-2H3,(H2,16,18). The molecule has 2 aromatic rings. The Bertz CT molecular complexity index is 609. The minimum Gasteiger partial charge on any atom is -0.389 e. The molecule has 0 aliphatic heterocycles. The minimum absolute atomic E-state index is 0.415. The van der Waals surface area contributed by atoms with Crippen molar-refractivity contribution in [2.75, 3.05) is 17.8 Å². The molecule has 2 aromatic carbocycles. The molecule has 0 aliphatic carbocycles. The largest absolute Gasteiger partial charge is 0.389 e. The smallest absolute Gasteiger partial charge is 0.107 e. The fourth-order valence-electron chi connectivity index (χ4n) is 1.89. The first-order valence-corrected chi connectivity index (χ1v) is 8.89. The minimum atomic E-state index is 0.415. The zero-order valence-corrected chi connectivity index (χ0v) is 13.8. The maximum Gasteiger partial charge on any atom is 0.107 e. The van der Waals surface area contributed by atoms with E-state index in [0.717, 1.165) is 21.8 Å². The first-order valence-electron chi connectivity index (χ1n) is 6.03. The zero-order chi connectivity index (χ0) is 14.5. The van der Waals surface area contributed by atoms with E-state index in [-0.39, 0.29) is 0 Å². The van der Waals surface area contributed by atoms with Crippen molar-refractivity contribution in [1.82, 2.24) is 0 Å². The van der Waals surface area contributed by atoms with Gasteiger partial charge in [-0.15, -0.1) is 23.5 Å². The lowest BCUT2D eigenvalue weighted by Gasteiger charge is -2.14. The number of benzene rings is 2. The van der Waals surface area contributed by atoms with Crippen LogP contribution in [-0.2, 0) is 0 Å². The molecule has 0 unspecified atom stereocenters. The summed E-state index contributed by atoms with van der Waals surface area (Å²) in [6.45, 7) is 0. The first-order chi connectivity index (χ1) is 9.65. The van der Waals surface area contributed by atoms with Gasteiger partial charge in [0.25, 0.3) is 0 Å². The van der Waals surface area contributed by atoms with Gasteiger partial charge in [0.1, 0.15) is 4.99 Å². The van der Waals surface area contributed by atoms with Gasteiger partial charge in [0.15, 0.2) is 0 Å². The molecule has 2 nitrogen and oxygen atoms in total. The van der Waals surface area contributed by atoms with Crippen molar-refractivity contribution in [3.63, 3.8) is 0 Å². The van der Waals surface area contributed by atoms with E-state index in [1.165, 1.54) is 4.90 Å². The molecule has 0 saturated heterocycles. The van der Waals surface area contributed by atoms with Gasteiger partial charge in [-0.3, -0.25) is 0 Å². The molecule has 0 bridgehead atoms. The molecule has 0 aromatic heterocycles. The van der Waals surface area contributed by atoms with Crippen LogP contribution in [0, 0.1) is 0 Å². The lowest BCUT2D eigenvalue weighted by atomic mass is 10.1. The highest BCUT2D eigenvalue weighted by atomic mass is 32.2. The Labute approximate surface area is 133 Å². The topological polar surface area (TPSA) is 38.0 Å². The summed E-state index contributed by atoms with van der Waals surface area (Å²) in [7, 11) is 0. The summed E-state index contributed by atoms with van der Waals surface area (Å²) in [6.07, 6.45) is 4.09. The van der Waals surface area contributed by atoms with Gasteiger partial charge in [-0.2, -0.15) is 0 Å². The number of hydrogen-bond donors (Lipinski definition) is 2. The molecule has 104 valence electrons. The van der Waals surface area contributed by atoms with E-state index >= 15 is 0 Å². The molecule has 0 saturated carbocycles. The molecular weight excluding hydrogens is 304 g/mol. The fourth-order valence-corrected chi connectivity index (χ4v) is 3.22. The van der Waals surface area contributed by atoms with Crippen LogP contribution in [0.3, 0.4) is 0 Å². The van der Waals surface area contributed by atoms with Crippen LogP contribution in [0.5, 0.6) is 0 Å². The Morgan fingerprint density at radius 1 is 1.05 bits per heavy atom. The number of hydrogen-bond acceptors (Lipinski definition) is 4. The van der Waals surface area contributed by atoms with E-state index < -0.39 is 0 Å². The van der Waals surface area contributed by atoms with Crippen molar-refractivity contribution in [2.45, 2.75) is 9.79 Å². The molecule has 3 N–H and O–H groups in total. The predicted octanol–water partition coefficient (Wildman–Crippen LogP) is 4.51. The second-order valence-corrected chi connectivity index (χ2v) is 6.27. The molecule has 0 spiro atoms. The summed E-state index contributed by atoms with van der Waals surface area (Å²) in [6, 6.07) is 14.3. The summed E-state index contributed by atoms with van der Waals surface area (Å²) in [5, 5.41) is 3.39. The van der Waals surface area contributed by atoms with E-state index in [0.29, 0.717) is 4.99 Å². The highest BCUT2D eigenvalue weighted by molar-refractivity contribution is 7.99. The summed E-state index contributed by atoms with van der Waals surface area (Å²) >= 11 is 8.55. The van der Waals surface area contributed by atoms with Gasteiger partial charge in [-0.05, 0) is 48.9 Å². The van der Waals surface area contributed by atoms with Crippen LogP contribution in [0.1, 0.15) is 5.56 Å². The van der Waals surface area contributed by atoms with Crippen molar-refractivity contribution in [3.05, 3.63) is 48.0 Å². The quantitative estimate of drug-likeness (QED) is 0.626. The fraction of sp³-hybridized carbons (Fsp3) is 0.133. The second kappa shape index (κ2) is 7.02. The Morgan fingerprint density at radius 3 is 2.30 bits per heavy atom. The summed E-state index contributed by atoms with van der Waals surface area (Å²) in [5.74, 6) is 0. The van der Waals surface area contributed by atoms with Crippen LogP contribution >= 0.6 is 35.7 Å². The molecule has 0 radical (unpaired) electrons. The molecule has 2 rings (SSSR count). The van der Waals surface area contributed by atoms with Gasteiger partial charge in [0.05, 0.1) is 0 Å². The Hall–Kier alpha value is -1.17. The van der Waals surface area contributed by atoms with Crippen molar-refractivity contribution in [2.24, 2.45) is 5.73 Å². The monoisotopic (exact) mass is 320 g/mol. The van der Waals surface area contributed by atoms with Gasteiger partial charge in [-0.1, -0.05) is 18.3 Å². The van der Waals surface area contributed by atoms with E-state index in [1.807, 2.05) is 24.5 Å². The van der Waals surface area contributed by atoms with Crippen LogP contribution in [0.15, 0.2) is 52.3 Å². The molecule has 0 aliphatic rings.